The molecule has 1 N–H and O–H groups in total. The minimum absolute atomic E-state index is 0.0492. The minimum Gasteiger partial charge on any atom is -0.444 e. The molecule has 0 spiro atoms. The van der Waals surface area contributed by atoms with Gasteiger partial charge in [0.05, 0.1) is 16.6 Å². The molecule has 1 atom stereocenters. The van der Waals surface area contributed by atoms with Crippen molar-refractivity contribution < 1.29 is 14.3 Å². The van der Waals surface area contributed by atoms with E-state index in [1.807, 2.05) is 31.7 Å². The summed E-state index contributed by atoms with van der Waals surface area (Å²) in [6.45, 7) is 7.68. The number of carbonyl (C=O) groups excluding carboxylic acids is 2. The highest BCUT2D eigenvalue weighted by atomic mass is 79.9. The van der Waals surface area contributed by atoms with Gasteiger partial charge in [-0.3, -0.25) is 4.79 Å². The zero-order valence-electron chi connectivity index (χ0n) is 15.1. The third-order valence-electron chi connectivity index (χ3n) is 4.48. The molecule has 2 amide bonds. The Labute approximate surface area is 166 Å². The Hall–Kier alpha value is -1.47. The van der Waals surface area contributed by atoms with Crippen molar-refractivity contribution in [1.29, 1.82) is 0 Å². The smallest absolute Gasteiger partial charge is 0.410 e. The van der Waals surface area contributed by atoms with Crippen molar-refractivity contribution in [1.82, 2.24) is 9.80 Å². The van der Waals surface area contributed by atoms with Gasteiger partial charge in [0.1, 0.15) is 5.60 Å². The average Bonchev–Trinajstić information content (AvgIpc) is 2.54. The molecule has 1 fully saturated rings. The topological polar surface area (TPSA) is 61.9 Å². The van der Waals surface area contributed by atoms with Crippen molar-refractivity contribution in [3.63, 3.8) is 0 Å². The van der Waals surface area contributed by atoms with E-state index in [0.717, 1.165) is 16.6 Å². The van der Waals surface area contributed by atoms with Crippen LogP contribution < -0.4 is 5.32 Å². The van der Waals surface area contributed by atoms with E-state index >= 15 is 0 Å². The van der Waals surface area contributed by atoms with Crippen molar-refractivity contribution in [3.05, 3.63) is 27.2 Å². The largest absolute Gasteiger partial charge is 0.444 e. The average molecular weight is 445 g/mol. The van der Waals surface area contributed by atoms with Gasteiger partial charge in [-0.05, 0) is 55.3 Å². The SMILES string of the molecule is CC(C)(C)OC(=O)N1CCN2C(=O)c3cc(Cl)c(Br)cc3NCC[C@H]2C1. The van der Waals surface area contributed by atoms with E-state index in [0.29, 0.717) is 36.8 Å². The normalized spacial score (nSPS) is 20.5. The molecule has 2 aliphatic heterocycles. The molecule has 1 saturated heterocycles. The van der Waals surface area contributed by atoms with Crippen LogP contribution >= 0.6 is 27.5 Å². The Bertz CT molecular complexity index is 735. The second kappa shape index (κ2) is 7.27. The number of nitrogens with one attached hydrogen (secondary N) is 1. The van der Waals surface area contributed by atoms with Crippen molar-refractivity contribution in [2.45, 2.75) is 38.8 Å². The lowest BCUT2D eigenvalue weighted by atomic mass is 10.0. The molecule has 3 rings (SSSR count). The van der Waals surface area contributed by atoms with Crippen LogP contribution in [0, 0.1) is 0 Å². The molecular formula is C18H23BrClN3O3. The van der Waals surface area contributed by atoms with Crippen LogP contribution in [0.4, 0.5) is 10.5 Å². The Kier molecular flexibility index (Phi) is 5.40. The fraction of sp³-hybridized carbons (Fsp3) is 0.556. The van der Waals surface area contributed by atoms with E-state index in [-0.39, 0.29) is 18.0 Å². The zero-order chi connectivity index (χ0) is 19.1. The molecule has 0 bridgehead atoms. The predicted molar refractivity (Wildman–Crippen MR) is 105 cm³/mol. The van der Waals surface area contributed by atoms with Crippen molar-refractivity contribution >= 4 is 45.2 Å². The molecule has 2 aliphatic rings. The number of piperazine rings is 1. The fourth-order valence-electron chi connectivity index (χ4n) is 3.26. The maximum Gasteiger partial charge on any atom is 0.410 e. The van der Waals surface area contributed by atoms with E-state index in [1.165, 1.54) is 0 Å². The summed E-state index contributed by atoms with van der Waals surface area (Å²) in [6, 6.07) is 3.48. The Morgan fingerprint density at radius 3 is 2.77 bits per heavy atom. The maximum absolute atomic E-state index is 13.1. The van der Waals surface area contributed by atoms with Gasteiger partial charge in [0.25, 0.3) is 5.91 Å². The molecule has 0 unspecified atom stereocenters. The quantitative estimate of drug-likeness (QED) is 0.657. The second-order valence-corrected chi connectivity index (χ2v) is 8.87. The van der Waals surface area contributed by atoms with Gasteiger partial charge in [-0.25, -0.2) is 4.79 Å². The molecule has 1 aromatic rings. The first-order valence-corrected chi connectivity index (χ1v) is 9.84. The number of nitrogens with zero attached hydrogens (tertiary/aromatic N) is 2. The van der Waals surface area contributed by atoms with Gasteiger partial charge in [-0.15, -0.1) is 0 Å². The number of fused-ring (bicyclic) bond motifs is 2. The predicted octanol–water partition coefficient (Wildman–Crippen LogP) is 3.98. The van der Waals surface area contributed by atoms with Gasteiger partial charge < -0.3 is 19.9 Å². The molecule has 0 aliphatic carbocycles. The summed E-state index contributed by atoms with van der Waals surface area (Å²) in [5, 5.41) is 3.81. The van der Waals surface area contributed by atoms with Crippen LogP contribution in [0.5, 0.6) is 0 Å². The van der Waals surface area contributed by atoms with Crippen LogP contribution in [0.2, 0.25) is 5.02 Å². The minimum atomic E-state index is -0.532. The van der Waals surface area contributed by atoms with Crippen LogP contribution in [-0.4, -0.2) is 59.6 Å². The van der Waals surface area contributed by atoms with Crippen LogP contribution in [0.1, 0.15) is 37.6 Å². The van der Waals surface area contributed by atoms with Crippen LogP contribution in [0.15, 0.2) is 16.6 Å². The molecule has 0 aromatic heterocycles. The summed E-state index contributed by atoms with van der Waals surface area (Å²) in [6.07, 6.45) is 0.428. The zero-order valence-corrected chi connectivity index (χ0v) is 17.5. The molecular weight excluding hydrogens is 422 g/mol. The summed E-state index contributed by atoms with van der Waals surface area (Å²) in [5.41, 5.74) is 0.809. The Morgan fingerprint density at radius 1 is 1.35 bits per heavy atom. The molecule has 8 heteroatoms. The lowest BCUT2D eigenvalue weighted by Crippen LogP contribution is -2.58. The molecule has 0 saturated carbocycles. The highest BCUT2D eigenvalue weighted by Crippen LogP contribution is 2.32. The summed E-state index contributed by atoms with van der Waals surface area (Å²) in [5.74, 6) is -0.0598. The number of benzene rings is 1. The van der Waals surface area contributed by atoms with Crippen molar-refractivity contribution in [3.8, 4) is 0 Å². The van der Waals surface area contributed by atoms with Gasteiger partial charge in [0.2, 0.25) is 0 Å². The number of ether oxygens (including phenoxy) is 1. The summed E-state index contributed by atoms with van der Waals surface area (Å²) in [4.78, 5) is 29.0. The van der Waals surface area contributed by atoms with Gasteiger partial charge in [0, 0.05) is 36.3 Å². The number of anilines is 1. The Balaban J connectivity index is 1.79. The lowest BCUT2D eigenvalue weighted by molar-refractivity contribution is 0.00369. The van der Waals surface area contributed by atoms with E-state index < -0.39 is 5.60 Å². The first-order chi connectivity index (χ1) is 12.2. The van der Waals surface area contributed by atoms with Crippen LogP contribution in [-0.2, 0) is 4.74 Å². The third-order valence-corrected chi connectivity index (χ3v) is 5.68. The number of carbonyl (C=O) groups is 2. The highest BCUT2D eigenvalue weighted by Gasteiger charge is 2.36. The summed E-state index contributed by atoms with van der Waals surface area (Å²) < 4.78 is 6.22. The number of amides is 2. The third kappa shape index (κ3) is 4.09. The van der Waals surface area contributed by atoms with Gasteiger partial charge in [-0.2, -0.15) is 0 Å². The molecule has 0 radical (unpaired) electrons. The van der Waals surface area contributed by atoms with E-state index in [4.69, 9.17) is 16.3 Å². The molecule has 2 heterocycles. The van der Waals surface area contributed by atoms with Crippen molar-refractivity contribution in [2.24, 2.45) is 0 Å². The first kappa shape index (κ1) is 19.3. The number of halogens is 2. The van der Waals surface area contributed by atoms with Gasteiger partial charge >= 0.3 is 6.09 Å². The summed E-state index contributed by atoms with van der Waals surface area (Å²) >= 11 is 9.59. The van der Waals surface area contributed by atoms with E-state index in [9.17, 15) is 9.59 Å². The van der Waals surface area contributed by atoms with Gasteiger partial charge in [-0.1, -0.05) is 11.6 Å². The highest BCUT2D eigenvalue weighted by molar-refractivity contribution is 9.10. The van der Waals surface area contributed by atoms with Crippen molar-refractivity contribution in [2.75, 3.05) is 31.5 Å². The van der Waals surface area contributed by atoms with E-state index in [1.54, 1.807) is 11.0 Å². The first-order valence-electron chi connectivity index (χ1n) is 8.67. The molecule has 142 valence electrons. The molecule has 26 heavy (non-hydrogen) atoms. The Morgan fingerprint density at radius 2 is 2.08 bits per heavy atom. The lowest BCUT2D eigenvalue weighted by Gasteiger charge is -2.43. The maximum atomic E-state index is 13.1. The number of hydrogen-bond donors (Lipinski definition) is 1. The molecule has 1 aromatic carbocycles. The number of hydrogen-bond acceptors (Lipinski definition) is 4. The molecule has 6 nitrogen and oxygen atoms in total. The standard InChI is InChI=1S/C18H23BrClN3O3/c1-18(2,3)26-17(25)22-6-7-23-11(10-22)4-5-21-15-9-13(19)14(20)8-12(15)16(23)24/h8-9,11,21H,4-7,10H2,1-3H3/t11-/m0/s1. The monoisotopic (exact) mass is 443 g/mol. The number of rotatable bonds is 0. The van der Waals surface area contributed by atoms with Crippen LogP contribution in [0.3, 0.4) is 0 Å². The van der Waals surface area contributed by atoms with Crippen LogP contribution in [0.25, 0.3) is 0 Å². The van der Waals surface area contributed by atoms with Gasteiger partial charge in [0.15, 0.2) is 0 Å². The second-order valence-electron chi connectivity index (χ2n) is 7.61. The van der Waals surface area contributed by atoms with E-state index in [2.05, 4.69) is 21.2 Å². The summed E-state index contributed by atoms with van der Waals surface area (Å²) in [7, 11) is 0. The fourth-order valence-corrected chi connectivity index (χ4v) is 3.77.